The number of nitrogens with zero attached hydrogens (tertiary/aromatic N) is 1. The van der Waals surface area contributed by atoms with Gasteiger partial charge in [0.1, 0.15) is 12.4 Å². The molecule has 2 N–H and O–H groups in total. The van der Waals surface area contributed by atoms with E-state index in [-0.39, 0.29) is 24.0 Å². The van der Waals surface area contributed by atoms with Gasteiger partial charge in [0.25, 0.3) is 5.91 Å². The van der Waals surface area contributed by atoms with Crippen molar-refractivity contribution in [2.24, 2.45) is 5.92 Å². The molecular formula is C19H26N2O5. The third-order valence-electron chi connectivity index (χ3n) is 5.52. The first-order valence-electron chi connectivity index (χ1n) is 9.09. The van der Waals surface area contributed by atoms with Crippen molar-refractivity contribution in [3.05, 3.63) is 29.3 Å². The van der Waals surface area contributed by atoms with Crippen LogP contribution in [0.3, 0.4) is 0 Å². The molecule has 1 aromatic carbocycles. The molecule has 0 unspecified atom stereocenters. The fourth-order valence-electron chi connectivity index (χ4n) is 3.91. The number of rotatable bonds is 3. The third-order valence-corrected chi connectivity index (χ3v) is 5.52. The molecule has 0 radical (unpaired) electrons. The largest absolute Gasteiger partial charge is 0.491 e. The molecule has 2 aliphatic rings. The van der Waals surface area contributed by atoms with Gasteiger partial charge in [0.2, 0.25) is 5.91 Å². The van der Waals surface area contributed by atoms with Crippen molar-refractivity contribution in [3.8, 4) is 5.75 Å². The normalized spacial score (nSPS) is 25.7. The van der Waals surface area contributed by atoms with Crippen molar-refractivity contribution in [2.75, 3.05) is 20.3 Å². The Morgan fingerprint density at radius 3 is 2.65 bits per heavy atom. The molecule has 1 aromatic rings. The van der Waals surface area contributed by atoms with E-state index in [0.717, 1.165) is 31.2 Å². The van der Waals surface area contributed by atoms with Gasteiger partial charge in [-0.05, 0) is 44.7 Å². The molecule has 142 valence electrons. The molecule has 1 aliphatic carbocycles. The molecule has 7 heteroatoms. The molecule has 1 fully saturated rings. The van der Waals surface area contributed by atoms with Gasteiger partial charge in [0, 0.05) is 24.2 Å². The summed E-state index contributed by atoms with van der Waals surface area (Å²) >= 11 is 0. The molecule has 7 nitrogen and oxygen atoms in total. The number of benzene rings is 1. The van der Waals surface area contributed by atoms with Crippen LogP contribution < -0.4 is 10.2 Å². The minimum absolute atomic E-state index is 0.0323. The monoisotopic (exact) mass is 362 g/mol. The summed E-state index contributed by atoms with van der Waals surface area (Å²) in [7, 11) is 1.73. The van der Waals surface area contributed by atoms with E-state index in [4.69, 9.17) is 14.7 Å². The zero-order valence-electron chi connectivity index (χ0n) is 15.2. The highest BCUT2D eigenvalue weighted by molar-refractivity contribution is 5.94. The number of hydrogen-bond donors (Lipinski definition) is 2. The summed E-state index contributed by atoms with van der Waals surface area (Å²) in [6, 6.07) is 4.89. The van der Waals surface area contributed by atoms with Gasteiger partial charge >= 0.3 is 0 Å². The first-order chi connectivity index (χ1) is 12.5. The van der Waals surface area contributed by atoms with Crippen molar-refractivity contribution in [3.63, 3.8) is 0 Å². The van der Waals surface area contributed by atoms with Crippen LogP contribution in [-0.2, 0) is 9.53 Å². The van der Waals surface area contributed by atoms with Crippen LogP contribution in [0.1, 0.15) is 54.6 Å². The molecule has 0 bridgehead atoms. The van der Waals surface area contributed by atoms with E-state index < -0.39 is 5.91 Å². The summed E-state index contributed by atoms with van der Waals surface area (Å²) in [5.41, 5.74) is 2.81. The second kappa shape index (κ2) is 8.05. The number of hydrogen-bond acceptors (Lipinski definition) is 5. The molecule has 1 saturated carbocycles. The van der Waals surface area contributed by atoms with Gasteiger partial charge in [-0.1, -0.05) is 6.07 Å². The number of nitrogens with one attached hydrogen (secondary N) is 1. The second-order valence-electron chi connectivity index (χ2n) is 6.96. The van der Waals surface area contributed by atoms with Crippen molar-refractivity contribution in [2.45, 2.75) is 44.8 Å². The predicted molar refractivity (Wildman–Crippen MR) is 94.1 cm³/mol. The summed E-state index contributed by atoms with van der Waals surface area (Å²) in [6.45, 7) is 2.87. The van der Waals surface area contributed by atoms with Crippen molar-refractivity contribution in [1.82, 2.24) is 10.4 Å². The van der Waals surface area contributed by atoms with E-state index in [0.29, 0.717) is 24.5 Å². The van der Waals surface area contributed by atoms with Crippen LogP contribution in [0, 0.1) is 5.92 Å². The highest BCUT2D eigenvalue weighted by Gasteiger charge is 2.34. The Morgan fingerprint density at radius 1 is 1.27 bits per heavy atom. The molecule has 1 atom stereocenters. The number of methoxy groups -OCH3 is 1. The van der Waals surface area contributed by atoms with Crippen molar-refractivity contribution >= 4 is 11.8 Å². The van der Waals surface area contributed by atoms with Crippen molar-refractivity contribution < 1.29 is 24.3 Å². The lowest BCUT2D eigenvalue weighted by atomic mass is 9.86. The Kier molecular flexibility index (Phi) is 5.78. The standard InChI is InChI=1S/C19H26N2O5/c1-12-16-8-5-14(18(22)20-24)11-17(16)26-10-9-21(12)19(23)13-3-6-15(25-2)7-4-13/h5,8,11-13,15,24H,3-4,6-7,9-10H2,1-2H3,(H,20,22)/t12-,13?,15?/m0/s1. The highest BCUT2D eigenvalue weighted by Crippen LogP contribution is 2.35. The number of carbonyl (C=O) groups is 2. The molecule has 2 amide bonds. The first kappa shape index (κ1) is 18.7. The minimum Gasteiger partial charge on any atom is -0.491 e. The van der Waals surface area contributed by atoms with Gasteiger partial charge in [-0.15, -0.1) is 0 Å². The molecule has 0 spiro atoms. The lowest BCUT2D eigenvalue weighted by Gasteiger charge is -2.34. The fourth-order valence-corrected chi connectivity index (χ4v) is 3.91. The Hall–Kier alpha value is -2.12. The summed E-state index contributed by atoms with van der Waals surface area (Å²) in [4.78, 5) is 26.6. The van der Waals surface area contributed by atoms with Gasteiger partial charge in [-0.2, -0.15) is 0 Å². The van der Waals surface area contributed by atoms with Crippen LogP contribution in [-0.4, -0.2) is 48.3 Å². The summed E-state index contributed by atoms with van der Waals surface area (Å²) in [5.74, 6) is 0.193. The zero-order chi connectivity index (χ0) is 18.7. The number of carbonyl (C=O) groups excluding carboxylic acids is 2. The number of ether oxygens (including phenoxy) is 2. The second-order valence-corrected chi connectivity index (χ2v) is 6.96. The first-order valence-corrected chi connectivity index (χ1v) is 9.09. The maximum Gasteiger partial charge on any atom is 0.274 e. The van der Waals surface area contributed by atoms with Crippen LogP contribution in [0.4, 0.5) is 0 Å². The van der Waals surface area contributed by atoms with Gasteiger partial charge in [-0.25, -0.2) is 5.48 Å². The van der Waals surface area contributed by atoms with Crippen LogP contribution in [0.2, 0.25) is 0 Å². The SMILES string of the molecule is COC1CCC(C(=O)N2CCOc3cc(C(=O)NO)ccc3[C@@H]2C)CC1. The Balaban J connectivity index is 1.76. The molecule has 26 heavy (non-hydrogen) atoms. The predicted octanol–water partition coefficient (Wildman–Crippen LogP) is 2.29. The van der Waals surface area contributed by atoms with Crippen LogP contribution in [0.25, 0.3) is 0 Å². The molecule has 1 heterocycles. The summed E-state index contributed by atoms with van der Waals surface area (Å²) in [5, 5.41) is 8.79. The van der Waals surface area contributed by atoms with Gasteiger partial charge in [-0.3, -0.25) is 14.8 Å². The van der Waals surface area contributed by atoms with Crippen LogP contribution in [0.15, 0.2) is 18.2 Å². The number of amides is 2. The Morgan fingerprint density at radius 2 is 2.00 bits per heavy atom. The third kappa shape index (κ3) is 3.68. The van der Waals surface area contributed by atoms with Gasteiger partial charge in [0.15, 0.2) is 0 Å². The average Bonchev–Trinajstić information content (AvgIpc) is 2.85. The summed E-state index contributed by atoms with van der Waals surface area (Å²) in [6.07, 6.45) is 3.80. The van der Waals surface area contributed by atoms with E-state index in [2.05, 4.69) is 0 Å². The topological polar surface area (TPSA) is 88.1 Å². The highest BCUT2D eigenvalue weighted by atomic mass is 16.5. The van der Waals surface area contributed by atoms with E-state index in [1.165, 1.54) is 0 Å². The lowest BCUT2D eigenvalue weighted by molar-refractivity contribution is -0.139. The fraction of sp³-hybridized carbons (Fsp3) is 0.579. The van der Waals surface area contributed by atoms with Crippen molar-refractivity contribution in [1.29, 1.82) is 0 Å². The maximum absolute atomic E-state index is 13.1. The number of hydroxylamine groups is 1. The zero-order valence-corrected chi connectivity index (χ0v) is 15.2. The van der Waals surface area contributed by atoms with Crippen LogP contribution >= 0.6 is 0 Å². The Labute approximate surface area is 153 Å². The smallest absolute Gasteiger partial charge is 0.274 e. The summed E-state index contributed by atoms with van der Waals surface area (Å²) < 4.78 is 11.2. The van der Waals surface area contributed by atoms with Gasteiger partial charge in [0.05, 0.1) is 18.7 Å². The molecule has 0 aromatic heterocycles. The average molecular weight is 362 g/mol. The number of fused-ring (bicyclic) bond motifs is 1. The molecule has 1 aliphatic heterocycles. The molecule has 0 saturated heterocycles. The van der Waals surface area contributed by atoms with E-state index >= 15 is 0 Å². The quantitative estimate of drug-likeness (QED) is 0.636. The molecule has 3 rings (SSSR count). The van der Waals surface area contributed by atoms with E-state index in [9.17, 15) is 9.59 Å². The minimum atomic E-state index is -0.587. The van der Waals surface area contributed by atoms with Crippen LogP contribution in [0.5, 0.6) is 5.75 Å². The maximum atomic E-state index is 13.1. The van der Waals surface area contributed by atoms with E-state index in [1.54, 1.807) is 30.8 Å². The van der Waals surface area contributed by atoms with Gasteiger partial charge < -0.3 is 14.4 Å². The Bertz CT molecular complexity index is 670. The lowest BCUT2D eigenvalue weighted by Crippen LogP contribution is -2.41. The molecular weight excluding hydrogens is 336 g/mol. The van der Waals surface area contributed by atoms with E-state index in [1.807, 2.05) is 11.8 Å².